The summed E-state index contributed by atoms with van der Waals surface area (Å²) < 4.78 is 0. The van der Waals surface area contributed by atoms with Gasteiger partial charge in [0.15, 0.2) is 0 Å². The Kier molecular flexibility index (Phi) is 9.52. The Morgan fingerprint density at radius 1 is 1.33 bits per heavy atom. The van der Waals surface area contributed by atoms with Gasteiger partial charge in [0.25, 0.3) is 0 Å². The van der Waals surface area contributed by atoms with Gasteiger partial charge in [-0.15, -0.1) is 11.6 Å². The predicted molar refractivity (Wildman–Crippen MR) is 38.2 cm³/mol. The Morgan fingerprint density at radius 2 is 1.67 bits per heavy atom. The molecular formula is C6H14ClCuN. The van der Waals surface area contributed by atoms with E-state index in [1.165, 1.54) is 0 Å². The molecule has 1 nitrogen and oxygen atoms in total. The van der Waals surface area contributed by atoms with Crippen LogP contribution in [0.1, 0.15) is 20.8 Å². The fourth-order valence-corrected chi connectivity index (χ4v) is 1.00. The molecule has 0 bridgehead atoms. The third kappa shape index (κ3) is 5.23. The molecule has 61 valence electrons. The smallest absolute Gasteiger partial charge is 0.0821 e. The second-order valence-electron chi connectivity index (χ2n) is 1.80. The van der Waals surface area contributed by atoms with E-state index in [4.69, 9.17) is 11.6 Å². The number of hydrogen-bond donors (Lipinski definition) is 0. The molecule has 0 aromatic rings. The van der Waals surface area contributed by atoms with Crippen LogP contribution in [-0.4, -0.2) is 23.5 Å². The minimum Gasteiger partial charge on any atom is -0.288 e. The monoisotopic (exact) mass is 198 g/mol. The molecule has 0 aromatic heterocycles. The summed E-state index contributed by atoms with van der Waals surface area (Å²) in [4.78, 5) is 2.18. The zero-order chi connectivity index (χ0) is 6.57. The van der Waals surface area contributed by atoms with E-state index < -0.39 is 0 Å². The van der Waals surface area contributed by atoms with Crippen molar-refractivity contribution >= 4 is 11.6 Å². The number of rotatable bonds is 3. The maximum atomic E-state index is 5.77. The molecule has 1 radical (unpaired) electrons. The Labute approximate surface area is 73.2 Å². The Morgan fingerprint density at radius 3 is 1.67 bits per heavy atom. The summed E-state index contributed by atoms with van der Waals surface area (Å²) in [6, 6.07) is 0. The summed E-state index contributed by atoms with van der Waals surface area (Å²) in [6.45, 7) is 8.31. The molecule has 0 aromatic carbocycles. The molecule has 0 N–H and O–H groups in total. The first kappa shape index (κ1) is 12.4. The standard InChI is InChI=1S/C6H14ClN.Cu/c1-4-8(5-2)6(3)7;/h6H,4-5H2,1-3H3;. The van der Waals surface area contributed by atoms with Crippen LogP contribution in [0.15, 0.2) is 0 Å². The van der Waals surface area contributed by atoms with E-state index in [9.17, 15) is 0 Å². The van der Waals surface area contributed by atoms with Crippen molar-refractivity contribution in [3.63, 3.8) is 0 Å². The van der Waals surface area contributed by atoms with Crippen molar-refractivity contribution in [3.8, 4) is 0 Å². The molecule has 0 saturated heterocycles. The Hall–Kier alpha value is 0.769. The second-order valence-corrected chi connectivity index (χ2v) is 2.43. The minimum atomic E-state index is 0. The van der Waals surface area contributed by atoms with E-state index in [1.54, 1.807) is 0 Å². The topological polar surface area (TPSA) is 3.24 Å². The van der Waals surface area contributed by atoms with E-state index in [2.05, 4.69) is 18.7 Å². The van der Waals surface area contributed by atoms with Gasteiger partial charge < -0.3 is 0 Å². The average molecular weight is 199 g/mol. The molecule has 3 heteroatoms. The number of alkyl halides is 1. The average Bonchev–Trinajstić information content (AvgIpc) is 1.69. The van der Waals surface area contributed by atoms with Crippen LogP contribution in [-0.2, 0) is 17.1 Å². The van der Waals surface area contributed by atoms with Crippen molar-refractivity contribution in [3.05, 3.63) is 0 Å². The molecule has 0 aliphatic heterocycles. The van der Waals surface area contributed by atoms with Crippen molar-refractivity contribution in [2.45, 2.75) is 26.3 Å². The predicted octanol–water partition coefficient (Wildman–Crippen LogP) is 1.91. The number of nitrogens with zero attached hydrogens (tertiary/aromatic N) is 1. The molecular weight excluding hydrogens is 185 g/mol. The minimum absolute atomic E-state index is 0. The van der Waals surface area contributed by atoms with Crippen molar-refractivity contribution in [2.24, 2.45) is 0 Å². The van der Waals surface area contributed by atoms with Gasteiger partial charge in [0.1, 0.15) is 0 Å². The van der Waals surface area contributed by atoms with Crippen molar-refractivity contribution < 1.29 is 17.1 Å². The largest absolute Gasteiger partial charge is 0.288 e. The van der Waals surface area contributed by atoms with E-state index in [0.29, 0.717) is 0 Å². The van der Waals surface area contributed by atoms with Crippen LogP contribution in [0.2, 0.25) is 0 Å². The van der Waals surface area contributed by atoms with Crippen LogP contribution in [0, 0.1) is 0 Å². The molecule has 0 fully saturated rings. The molecule has 0 aliphatic carbocycles. The molecule has 0 heterocycles. The zero-order valence-electron chi connectivity index (χ0n) is 6.12. The van der Waals surface area contributed by atoms with Gasteiger partial charge in [0.2, 0.25) is 0 Å². The van der Waals surface area contributed by atoms with Gasteiger partial charge in [-0.3, -0.25) is 4.90 Å². The maximum absolute atomic E-state index is 5.77. The summed E-state index contributed by atoms with van der Waals surface area (Å²) in [7, 11) is 0. The molecule has 0 amide bonds. The van der Waals surface area contributed by atoms with Gasteiger partial charge in [-0.25, -0.2) is 0 Å². The third-order valence-corrected chi connectivity index (χ3v) is 1.59. The molecule has 1 unspecified atom stereocenters. The Balaban J connectivity index is 0. The SMILES string of the molecule is CCN(CC)C(C)Cl.[Cu]. The normalized spacial score (nSPS) is 13.0. The first-order valence-corrected chi connectivity index (χ1v) is 3.54. The van der Waals surface area contributed by atoms with Gasteiger partial charge in [-0.1, -0.05) is 13.8 Å². The summed E-state index contributed by atoms with van der Waals surface area (Å²) in [5.74, 6) is 0. The fraction of sp³-hybridized carbons (Fsp3) is 1.00. The van der Waals surface area contributed by atoms with Crippen LogP contribution >= 0.6 is 11.6 Å². The second kappa shape index (κ2) is 6.88. The fourth-order valence-electron chi connectivity index (χ4n) is 0.727. The summed E-state index contributed by atoms with van der Waals surface area (Å²) in [5, 5.41) is 0. The maximum Gasteiger partial charge on any atom is 0.0821 e. The van der Waals surface area contributed by atoms with Crippen molar-refractivity contribution in [1.82, 2.24) is 4.90 Å². The van der Waals surface area contributed by atoms with Crippen molar-refractivity contribution in [1.29, 1.82) is 0 Å². The van der Waals surface area contributed by atoms with E-state index in [1.807, 2.05) is 6.92 Å². The number of hydrogen-bond acceptors (Lipinski definition) is 1. The van der Waals surface area contributed by atoms with E-state index in [0.717, 1.165) is 13.1 Å². The first-order chi connectivity index (χ1) is 3.72. The van der Waals surface area contributed by atoms with E-state index >= 15 is 0 Å². The quantitative estimate of drug-likeness (QED) is 0.381. The van der Waals surface area contributed by atoms with Crippen LogP contribution < -0.4 is 0 Å². The third-order valence-electron chi connectivity index (χ3n) is 1.32. The first-order valence-electron chi connectivity index (χ1n) is 3.10. The van der Waals surface area contributed by atoms with Crippen LogP contribution in [0.5, 0.6) is 0 Å². The van der Waals surface area contributed by atoms with Gasteiger partial charge in [0.05, 0.1) is 5.50 Å². The van der Waals surface area contributed by atoms with Crippen LogP contribution in [0.4, 0.5) is 0 Å². The summed E-state index contributed by atoms with van der Waals surface area (Å²) in [6.07, 6.45) is 0. The molecule has 9 heavy (non-hydrogen) atoms. The Bertz CT molecular complexity index is 55.0. The van der Waals surface area contributed by atoms with Crippen LogP contribution in [0.25, 0.3) is 0 Å². The summed E-state index contributed by atoms with van der Waals surface area (Å²) >= 11 is 5.77. The molecule has 0 aliphatic rings. The van der Waals surface area contributed by atoms with Gasteiger partial charge in [0, 0.05) is 17.1 Å². The van der Waals surface area contributed by atoms with Crippen molar-refractivity contribution in [2.75, 3.05) is 13.1 Å². The summed E-state index contributed by atoms with van der Waals surface area (Å²) in [5.41, 5.74) is 0.185. The zero-order valence-corrected chi connectivity index (χ0v) is 7.82. The van der Waals surface area contributed by atoms with Gasteiger partial charge in [-0.05, 0) is 20.0 Å². The molecule has 1 atom stereocenters. The van der Waals surface area contributed by atoms with Crippen LogP contribution in [0.3, 0.4) is 0 Å². The number of halogens is 1. The molecule has 0 spiro atoms. The van der Waals surface area contributed by atoms with E-state index in [-0.39, 0.29) is 22.6 Å². The molecule has 0 saturated carbocycles. The van der Waals surface area contributed by atoms with Gasteiger partial charge in [-0.2, -0.15) is 0 Å². The molecule has 0 rings (SSSR count). The van der Waals surface area contributed by atoms with Gasteiger partial charge >= 0.3 is 0 Å².